The van der Waals surface area contributed by atoms with E-state index < -0.39 is 28.5 Å². The number of anilines is 1. The third kappa shape index (κ3) is 5.16. The van der Waals surface area contributed by atoms with Crippen LogP contribution in [0.1, 0.15) is 29.6 Å². The number of nitrogens with zero attached hydrogens (tertiary/aromatic N) is 2. The van der Waals surface area contributed by atoms with Gasteiger partial charge in [-0.3, -0.25) is 10.1 Å². The number of thiazole rings is 1. The molecule has 1 amide bonds. The highest BCUT2D eigenvalue weighted by Crippen LogP contribution is 2.23. The quantitative estimate of drug-likeness (QED) is 0.627. The van der Waals surface area contributed by atoms with E-state index in [1.807, 2.05) is 0 Å². The molecule has 0 bridgehead atoms. The summed E-state index contributed by atoms with van der Waals surface area (Å²) in [5.74, 6) is -1.23. The van der Waals surface area contributed by atoms with Gasteiger partial charge in [-0.05, 0) is 53.0 Å². The summed E-state index contributed by atoms with van der Waals surface area (Å²) < 4.78 is 32.4. The molecule has 8 nitrogen and oxygen atoms in total. The number of piperidine rings is 1. The van der Waals surface area contributed by atoms with Crippen molar-refractivity contribution < 1.29 is 22.7 Å². The van der Waals surface area contributed by atoms with Gasteiger partial charge < -0.3 is 4.74 Å². The highest BCUT2D eigenvalue weighted by Gasteiger charge is 2.26. The SMILES string of the molecule is O=C(COC(=O)c1ccc(S(=O)(=O)N2CCCCC2)cc1)Nc1ncc(Br)s1. The number of carbonyl (C=O) groups excluding carboxylic acids is 2. The number of carbonyl (C=O) groups is 2. The Kier molecular flexibility index (Phi) is 6.81. The van der Waals surface area contributed by atoms with Crippen molar-refractivity contribution >= 4 is 54.3 Å². The third-order valence-electron chi connectivity index (χ3n) is 4.10. The predicted molar refractivity (Wildman–Crippen MR) is 108 cm³/mol. The standard InChI is InChI=1S/C17H18BrN3O5S2/c18-14-10-19-17(27-14)20-15(22)11-26-16(23)12-4-6-13(7-5-12)28(24,25)21-8-2-1-3-9-21/h4-7,10H,1-3,8-9,11H2,(H,19,20,22). The molecule has 0 unspecified atom stereocenters. The Morgan fingerprint density at radius 2 is 1.86 bits per heavy atom. The van der Waals surface area contributed by atoms with E-state index in [1.54, 1.807) is 6.20 Å². The second-order valence-electron chi connectivity index (χ2n) is 6.08. The van der Waals surface area contributed by atoms with Crippen molar-refractivity contribution in [2.75, 3.05) is 25.0 Å². The number of rotatable bonds is 6. The number of hydrogen-bond donors (Lipinski definition) is 1. The first-order valence-electron chi connectivity index (χ1n) is 8.55. The molecule has 1 aromatic heterocycles. The molecule has 28 heavy (non-hydrogen) atoms. The maximum atomic E-state index is 12.6. The molecule has 1 aliphatic rings. The lowest BCUT2D eigenvalue weighted by atomic mass is 10.2. The normalized spacial score (nSPS) is 15.2. The Morgan fingerprint density at radius 3 is 2.46 bits per heavy atom. The summed E-state index contributed by atoms with van der Waals surface area (Å²) in [7, 11) is -3.56. The molecule has 1 saturated heterocycles. The minimum absolute atomic E-state index is 0.137. The molecule has 0 spiro atoms. The van der Waals surface area contributed by atoms with Gasteiger partial charge >= 0.3 is 5.97 Å². The number of hydrogen-bond acceptors (Lipinski definition) is 7. The summed E-state index contributed by atoms with van der Waals surface area (Å²) in [5.41, 5.74) is 0.169. The van der Waals surface area contributed by atoms with Gasteiger partial charge in [-0.15, -0.1) is 0 Å². The highest BCUT2D eigenvalue weighted by atomic mass is 79.9. The number of esters is 1. The maximum absolute atomic E-state index is 12.6. The minimum Gasteiger partial charge on any atom is -0.452 e. The Hall–Kier alpha value is -1.82. The van der Waals surface area contributed by atoms with Gasteiger partial charge in [-0.2, -0.15) is 4.31 Å². The zero-order chi connectivity index (χ0) is 20.1. The van der Waals surface area contributed by atoms with Crippen LogP contribution in [0.3, 0.4) is 0 Å². The molecule has 0 radical (unpaired) electrons. The summed E-state index contributed by atoms with van der Waals surface area (Å²) >= 11 is 4.47. The number of amides is 1. The summed E-state index contributed by atoms with van der Waals surface area (Å²) in [6.07, 6.45) is 4.28. The van der Waals surface area contributed by atoms with Crippen LogP contribution in [-0.4, -0.2) is 49.3 Å². The Morgan fingerprint density at radius 1 is 1.18 bits per heavy atom. The highest BCUT2D eigenvalue weighted by molar-refractivity contribution is 9.11. The number of benzene rings is 1. The second kappa shape index (κ2) is 9.12. The van der Waals surface area contributed by atoms with Crippen LogP contribution >= 0.6 is 27.3 Å². The molecule has 0 saturated carbocycles. The van der Waals surface area contributed by atoms with Gasteiger partial charge in [-0.25, -0.2) is 18.2 Å². The topological polar surface area (TPSA) is 106 Å². The van der Waals surface area contributed by atoms with Crippen molar-refractivity contribution in [3.05, 3.63) is 39.8 Å². The third-order valence-corrected chi connectivity index (χ3v) is 7.41. The molecule has 1 fully saturated rings. The first kappa shape index (κ1) is 20.9. The van der Waals surface area contributed by atoms with E-state index in [1.165, 1.54) is 39.9 Å². The molecule has 150 valence electrons. The number of aromatic nitrogens is 1. The van der Waals surface area contributed by atoms with Crippen molar-refractivity contribution in [1.29, 1.82) is 0 Å². The molecule has 3 rings (SSSR count). The summed E-state index contributed by atoms with van der Waals surface area (Å²) in [4.78, 5) is 28.0. The fourth-order valence-corrected chi connectivity index (χ4v) is 5.34. The number of nitrogens with one attached hydrogen (secondary N) is 1. The second-order valence-corrected chi connectivity index (χ2v) is 10.4. The average Bonchev–Trinajstić information content (AvgIpc) is 3.11. The number of ether oxygens (including phenoxy) is 1. The molecule has 11 heteroatoms. The van der Waals surface area contributed by atoms with Crippen LogP contribution in [0.4, 0.5) is 5.13 Å². The molecule has 1 N–H and O–H groups in total. The van der Waals surface area contributed by atoms with Crippen molar-refractivity contribution in [1.82, 2.24) is 9.29 Å². The van der Waals surface area contributed by atoms with E-state index in [0.29, 0.717) is 18.2 Å². The van der Waals surface area contributed by atoms with Crippen LogP contribution in [0.15, 0.2) is 39.1 Å². The van der Waals surface area contributed by atoms with Crippen LogP contribution in [0.2, 0.25) is 0 Å². The lowest BCUT2D eigenvalue weighted by molar-refractivity contribution is -0.119. The van der Waals surface area contributed by atoms with E-state index in [9.17, 15) is 18.0 Å². The molecule has 0 atom stereocenters. The Labute approximate surface area is 175 Å². The van der Waals surface area contributed by atoms with Gasteiger partial charge in [0.05, 0.1) is 20.4 Å². The first-order valence-corrected chi connectivity index (χ1v) is 11.6. The predicted octanol–water partition coefficient (Wildman–Crippen LogP) is 2.88. The molecule has 1 aromatic carbocycles. The molecular weight excluding hydrogens is 470 g/mol. The van der Waals surface area contributed by atoms with Gasteiger partial charge in [0.25, 0.3) is 5.91 Å². The van der Waals surface area contributed by atoms with Crippen molar-refractivity contribution in [3.8, 4) is 0 Å². The van der Waals surface area contributed by atoms with Crippen LogP contribution in [0.25, 0.3) is 0 Å². The maximum Gasteiger partial charge on any atom is 0.338 e. The Bertz CT molecular complexity index is 953. The van der Waals surface area contributed by atoms with Crippen LogP contribution in [0.5, 0.6) is 0 Å². The van der Waals surface area contributed by atoms with Crippen molar-refractivity contribution in [2.24, 2.45) is 0 Å². The average molecular weight is 488 g/mol. The molecule has 0 aliphatic carbocycles. The minimum atomic E-state index is -3.56. The van der Waals surface area contributed by atoms with E-state index in [0.717, 1.165) is 23.0 Å². The van der Waals surface area contributed by atoms with Gasteiger partial charge in [-0.1, -0.05) is 17.8 Å². The molecular formula is C17H18BrN3O5S2. The fraction of sp³-hybridized carbons (Fsp3) is 0.353. The van der Waals surface area contributed by atoms with Crippen molar-refractivity contribution in [2.45, 2.75) is 24.2 Å². The van der Waals surface area contributed by atoms with E-state index in [4.69, 9.17) is 4.74 Å². The van der Waals surface area contributed by atoms with E-state index >= 15 is 0 Å². The van der Waals surface area contributed by atoms with Gasteiger partial charge in [0.2, 0.25) is 10.0 Å². The lowest BCUT2D eigenvalue weighted by Gasteiger charge is -2.25. The summed E-state index contributed by atoms with van der Waals surface area (Å²) in [6, 6.07) is 5.53. The van der Waals surface area contributed by atoms with Gasteiger partial charge in [0.15, 0.2) is 11.7 Å². The van der Waals surface area contributed by atoms with Crippen LogP contribution in [0, 0.1) is 0 Å². The van der Waals surface area contributed by atoms with E-state index in [-0.39, 0.29) is 10.5 Å². The smallest absolute Gasteiger partial charge is 0.338 e. The molecule has 2 aromatic rings. The molecule has 1 aliphatic heterocycles. The summed E-state index contributed by atoms with van der Waals surface area (Å²) in [6.45, 7) is 0.553. The van der Waals surface area contributed by atoms with Gasteiger partial charge in [0, 0.05) is 13.1 Å². The van der Waals surface area contributed by atoms with Crippen LogP contribution in [-0.2, 0) is 19.6 Å². The van der Waals surface area contributed by atoms with Crippen molar-refractivity contribution in [3.63, 3.8) is 0 Å². The monoisotopic (exact) mass is 487 g/mol. The van der Waals surface area contributed by atoms with E-state index in [2.05, 4.69) is 26.2 Å². The largest absolute Gasteiger partial charge is 0.452 e. The number of sulfonamides is 1. The lowest BCUT2D eigenvalue weighted by Crippen LogP contribution is -2.35. The first-order chi connectivity index (χ1) is 13.4. The zero-order valence-electron chi connectivity index (χ0n) is 14.8. The number of halogens is 1. The van der Waals surface area contributed by atoms with Crippen LogP contribution < -0.4 is 5.32 Å². The Balaban J connectivity index is 1.56. The summed E-state index contributed by atoms with van der Waals surface area (Å²) in [5, 5.41) is 2.90. The fourth-order valence-electron chi connectivity index (χ4n) is 2.70. The molecule has 2 heterocycles. The van der Waals surface area contributed by atoms with Gasteiger partial charge in [0.1, 0.15) is 0 Å². The zero-order valence-corrected chi connectivity index (χ0v) is 18.0.